The van der Waals surface area contributed by atoms with Gasteiger partial charge in [0.25, 0.3) is 5.91 Å². The number of anilines is 1. The standard InChI is InChI=1S/C17H14ClF3N4O3/c18-12-7-10(1-2-11(12)17(19,20)21)5-6-24-9-22-13-3-4-14(23-15(27)8-26)25(13)16(24)28/h1-4,7,9,26H,5-6,8H2,(H,23,27). The van der Waals surface area contributed by atoms with E-state index in [-0.39, 0.29) is 18.8 Å². The average molecular weight is 415 g/mol. The van der Waals surface area contributed by atoms with Gasteiger partial charge in [0.2, 0.25) is 0 Å². The molecule has 3 rings (SSSR count). The number of hydrogen-bond acceptors (Lipinski definition) is 4. The number of aryl methyl sites for hydroxylation is 2. The molecule has 7 nitrogen and oxygen atoms in total. The molecule has 0 aliphatic heterocycles. The first kappa shape index (κ1) is 19.9. The monoisotopic (exact) mass is 414 g/mol. The van der Waals surface area contributed by atoms with Gasteiger partial charge in [-0.05, 0) is 36.2 Å². The Balaban J connectivity index is 1.84. The van der Waals surface area contributed by atoms with Crippen LogP contribution in [0.1, 0.15) is 11.1 Å². The van der Waals surface area contributed by atoms with Crippen LogP contribution in [0.3, 0.4) is 0 Å². The van der Waals surface area contributed by atoms with E-state index < -0.39 is 35.0 Å². The summed E-state index contributed by atoms with van der Waals surface area (Å²) in [4.78, 5) is 28.1. The fourth-order valence-electron chi connectivity index (χ4n) is 2.66. The van der Waals surface area contributed by atoms with E-state index in [1.54, 1.807) is 0 Å². The van der Waals surface area contributed by atoms with E-state index >= 15 is 0 Å². The topological polar surface area (TPSA) is 88.6 Å². The molecule has 0 spiro atoms. The smallest absolute Gasteiger partial charge is 0.387 e. The number of nitrogens with zero attached hydrogens (tertiary/aromatic N) is 3. The summed E-state index contributed by atoms with van der Waals surface area (Å²) < 4.78 is 40.7. The van der Waals surface area contributed by atoms with Gasteiger partial charge in [0.15, 0.2) is 0 Å². The number of aliphatic hydroxyl groups excluding tert-OH is 1. The highest BCUT2D eigenvalue weighted by Crippen LogP contribution is 2.35. The fourth-order valence-corrected chi connectivity index (χ4v) is 2.97. The van der Waals surface area contributed by atoms with Crippen LogP contribution in [0.15, 0.2) is 41.5 Å². The second-order valence-corrected chi connectivity index (χ2v) is 6.31. The van der Waals surface area contributed by atoms with Gasteiger partial charge in [-0.3, -0.25) is 9.36 Å². The Labute approximate surface area is 161 Å². The maximum atomic E-state index is 12.8. The molecular weight excluding hydrogens is 401 g/mol. The quantitative estimate of drug-likeness (QED) is 0.670. The number of nitrogens with one attached hydrogen (secondary N) is 1. The summed E-state index contributed by atoms with van der Waals surface area (Å²) in [6.07, 6.45) is -2.99. The zero-order chi connectivity index (χ0) is 20.5. The molecule has 0 aliphatic rings. The SMILES string of the molecule is O=C(CO)Nc1ccc2ncn(CCc3ccc(C(F)(F)F)c(Cl)c3)c(=O)n12. The molecule has 0 saturated heterocycles. The minimum atomic E-state index is -4.54. The molecule has 2 aromatic heterocycles. The number of benzene rings is 1. The fraction of sp³-hybridized carbons (Fsp3) is 0.235. The zero-order valence-electron chi connectivity index (χ0n) is 14.2. The molecule has 0 aliphatic carbocycles. The highest BCUT2D eigenvalue weighted by molar-refractivity contribution is 6.31. The van der Waals surface area contributed by atoms with Crippen molar-refractivity contribution in [1.29, 1.82) is 0 Å². The molecule has 148 valence electrons. The zero-order valence-corrected chi connectivity index (χ0v) is 15.0. The van der Waals surface area contributed by atoms with Crippen molar-refractivity contribution in [2.75, 3.05) is 11.9 Å². The second kappa shape index (κ2) is 7.64. The molecule has 0 radical (unpaired) electrons. The molecule has 11 heteroatoms. The van der Waals surface area contributed by atoms with Crippen molar-refractivity contribution < 1.29 is 23.1 Å². The van der Waals surface area contributed by atoms with Crippen molar-refractivity contribution in [3.8, 4) is 0 Å². The summed E-state index contributed by atoms with van der Waals surface area (Å²) in [7, 11) is 0. The third-order valence-electron chi connectivity index (χ3n) is 4.02. The Morgan fingerprint density at radius 2 is 2.00 bits per heavy atom. The highest BCUT2D eigenvalue weighted by atomic mass is 35.5. The summed E-state index contributed by atoms with van der Waals surface area (Å²) >= 11 is 5.71. The molecule has 0 bridgehead atoms. The molecule has 0 fully saturated rings. The molecule has 1 amide bonds. The predicted octanol–water partition coefficient (Wildman–Crippen LogP) is 2.34. The van der Waals surface area contributed by atoms with Crippen molar-refractivity contribution >= 4 is 29.0 Å². The Morgan fingerprint density at radius 1 is 1.25 bits per heavy atom. The van der Waals surface area contributed by atoms with Crippen molar-refractivity contribution in [1.82, 2.24) is 14.0 Å². The van der Waals surface area contributed by atoms with Crippen LogP contribution in [-0.2, 0) is 23.9 Å². The van der Waals surface area contributed by atoms with Crippen LogP contribution in [0.2, 0.25) is 5.02 Å². The lowest BCUT2D eigenvalue weighted by molar-refractivity contribution is -0.137. The van der Waals surface area contributed by atoms with Crippen molar-refractivity contribution in [3.05, 3.63) is 63.3 Å². The Bertz CT molecular complexity index is 1090. The Hall–Kier alpha value is -2.85. The molecule has 0 saturated carbocycles. The lowest BCUT2D eigenvalue weighted by Gasteiger charge is -2.11. The van der Waals surface area contributed by atoms with Gasteiger partial charge in [-0.15, -0.1) is 0 Å². The molecule has 1 aromatic carbocycles. The van der Waals surface area contributed by atoms with Crippen molar-refractivity contribution in [2.45, 2.75) is 19.1 Å². The number of carbonyl (C=O) groups excluding carboxylic acids is 1. The number of alkyl halides is 3. The summed E-state index contributed by atoms with van der Waals surface area (Å²) in [6, 6.07) is 6.40. The van der Waals surface area contributed by atoms with Crippen LogP contribution < -0.4 is 11.0 Å². The minimum absolute atomic E-state index is 0.134. The number of aliphatic hydroxyl groups is 1. The number of halogens is 4. The van der Waals surface area contributed by atoms with Gasteiger partial charge in [0.05, 0.1) is 10.6 Å². The van der Waals surface area contributed by atoms with E-state index in [2.05, 4.69) is 10.3 Å². The highest BCUT2D eigenvalue weighted by Gasteiger charge is 2.32. The second-order valence-electron chi connectivity index (χ2n) is 5.90. The van der Waals surface area contributed by atoms with Gasteiger partial charge in [-0.25, -0.2) is 14.2 Å². The summed E-state index contributed by atoms with van der Waals surface area (Å²) in [5.74, 6) is -0.535. The Kier molecular flexibility index (Phi) is 5.43. The van der Waals surface area contributed by atoms with Crippen LogP contribution in [0.5, 0.6) is 0 Å². The predicted molar refractivity (Wildman–Crippen MR) is 95.3 cm³/mol. The van der Waals surface area contributed by atoms with E-state index in [1.807, 2.05) is 0 Å². The summed E-state index contributed by atoms with van der Waals surface area (Å²) in [5, 5.41) is 10.8. The van der Waals surface area contributed by atoms with E-state index in [0.29, 0.717) is 11.2 Å². The summed E-state index contributed by atoms with van der Waals surface area (Å²) in [6.45, 7) is -0.606. The van der Waals surface area contributed by atoms with Crippen LogP contribution in [0.4, 0.5) is 19.0 Å². The van der Waals surface area contributed by atoms with Crippen LogP contribution in [-0.4, -0.2) is 31.6 Å². The molecule has 0 atom stereocenters. The maximum Gasteiger partial charge on any atom is 0.417 e. The van der Waals surface area contributed by atoms with Crippen LogP contribution >= 0.6 is 11.6 Å². The molecular formula is C17H14ClF3N4O3. The number of amides is 1. The van der Waals surface area contributed by atoms with E-state index in [4.69, 9.17) is 16.7 Å². The van der Waals surface area contributed by atoms with E-state index in [1.165, 1.54) is 35.2 Å². The van der Waals surface area contributed by atoms with Crippen molar-refractivity contribution in [2.24, 2.45) is 0 Å². The van der Waals surface area contributed by atoms with Crippen molar-refractivity contribution in [3.63, 3.8) is 0 Å². The van der Waals surface area contributed by atoms with Gasteiger partial charge < -0.3 is 10.4 Å². The largest absolute Gasteiger partial charge is 0.417 e. The van der Waals surface area contributed by atoms with E-state index in [9.17, 15) is 22.8 Å². The molecule has 2 heterocycles. The lowest BCUT2D eigenvalue weighted by atomic mass is 10.1. The summed E-state index contributed by atoms with van der Waals surface area (Å²) in [5.41, 5.74) is -0.602. The molecule has 28 heavy (non-hydrogen) atoms. The third-order valence-corrected chi connectivity index (χ3v) is 4.33. The van der Waals surface area contributed by atoms with Gasteiger partial charge in [0.1, 0.15) is 24.4 Å². The average Bonchev–Trinajstić information content (AvgIpc) is 3.03. The Morgan fingerprint density at radius 3 is 2.64 bits per heavy atom. The van der Waals surface area contributed by atoms with Gasteiger partial charge >= 0.3 is 11.9 Å². The molecule has 3 aromatic rings. The maximum absolute atomic E-state index is 12.8. The molecule has 0 unspecified atom stereocenters. The van der Waals surface area contributed by atoms with Crippen LogP contribution in [0.25, 0.3) is 5.65 Å². The first-order valence-electron chi connectivity index (χ1n) is 8.04. The third kappa shape index (κ3) is 4.02. The lowest BCUT2D eigenvalue weighted by Crippen LogP contribution is -2.29. The molecule has 2 N–H and O–H groups in total. The number of carbonyl (C=O) groups is 1. The number of rotatable bonds is 5. The van der Waals surface area contributed by atoms with Crippen LogP contribution in [0, 0.1) is 0 Å². The number of hydrogen-bond donors (Lipinski definition) is 2. The normalized spacial score (nSPS) is 11.8. The van der Waals surface area contributed by atoms with Gasteiger partial charge in [0, 0.05) is 6.54 Å². The first-order valence-corrected chi connectivity index (χ1v) is 8.41. The number of aromatic nitrogens is 3. The van der Waals surface area contributed by atoms with E-state index in [0.717, 1.165) is 10.5 Å². The first-order chi connectivity index (χ1) is 13.2. The minimum Gasteiger partial charge on any atom is -0.387 e. The van der Waals surface area contributed by atoms with Gasteiger partial charge in [-0.2, -0.15) is 13.2 Å². The number of fused-ring (bicyclic) bond motifs is 1. The van der Waals surface area contributed by atoms with Gasteiger partial charge in [-0.1, -0.05) is 17.7 Å².